The van der Waals surface area contributed by atoms with E-state index in [0.29, 0.717) is 23.3 Å². The van der Waals surface area contributed by atoms with Gasteiger partial charge in [0.1, 0.15) is 4.83 Å². The monoisotopic (exact) mass is 415 g/mol. The van der Waals surface area contributed by atoms with Gasteiger partial charge in [-0.1, -0.05) is 25.6 Å². The Labute approximate surface area is 172 Å². The zero-order valence-corrected chi connectivity index (χ0v) is 17.9. The van der Waals surface area contributed by atoms with Crippen LogP contribution in [0.25, 0.3) is 10.2 Å². The molecule has 0 atom stereocenters. The summed E-state index contributed by atoms with van der Waals surface area (Å²) >= 11 is 3.03. The Balaban J connectivity index is 1.71. The van der Waals surface area contributed by atoms with Gasteiger partial charge in [-0.05, 0) is 55.7 Å². The highest BCUT2D eigenvalue weighted by atomic mass is 32.2. The number of carbonyl (C=O) groups is 1. The molecule has 0 radical (unpaired) electrons. The molecule has 0 bridgehead atoms. The Morgan fingerprint density at radius 3 is 2.93 bits per heavy atom. The van der Waals surface area contributed by atoms with Crippen LogP contribution >= 0.6 is 23.1 Å². The molecule has 4 rings (SSSR count). The first kappa shape index (κ1) is 19.5. The van der Waals surface area contributed by atoms with Gasteiger partial charge in [-0.2, -0.15) is 0 Å². The van der Waals surface area contributed by atoms with Crippen molar-refractivity contribution in [2.24, 2.45) is 5.92 Å². The normalized spacial score (nSPS) is 14.0. The van der Waals surface area contributed by atoms with Crippen LogP contribution in [0.2, 0.25) is 0 Å². The maximum absolute atomic E-state index is 13.4. The van der Waals surface area contributed by atoms with Crippen LogP contribution in [-0.4, -0.2) is 26.1 Å². The third kappa shape index (κ3) is 3.82. The Kier molecular flexibility index (Phi) is 5.73. The fourth-order valence-corrected chi connectivity index (χ4v) is 5.84. The maximum Gasteiger partial charge on any atom is 0.263 e. The van der Waals surface area contributed by atoms with Crippen LogP contribution in [0.3, 0.4) is 0 Å². The van der Waals surface area contributed by atoms with Crippen LogP contribution < -0.4 is 5.56 Å². The number of hydrogen-bond acceptors (Lipinski definition) is 5. The zero-order chi connectivity index (χ0) is 19.7. The van der Waals surface area contributed by atoms with Gasteiger partial charge in [0.25, 0.3) is 5.56 Å². The van der Waals surface area contributed by atoms with Gasteiger partial charge in [0.2, 0.25) is 0 Å². The van der Waals surface area contributed by atoms with Crippen molar-refractivity contribution in [3.63, 3.8) is 0 Å². The Hall–Kier alpha value is -1.86. The SMILES string of the molecule is CC(C)CCn1c(SCC(=O)c2ccc[nH]2)nc2sc3c(c2c1=O)CCCC3. The summed E-state index contributed by atoms with van der Waals surface area (Å²) in [6.07, 6.45) is 7.03. The molecule has 5 nitrogen and oxygen atoms in total. The number of nitrogens with zero attached hydrogens (tertiary/aromatic N) is 2. The molecule has 28 heavy (non-hydrogen) atoms. The topological polar surface area (TPSA) is 67.8 Å². The van der Waals surface area contributed by atoms with Crippen LogP contribution in [0.4, 0.5) is 0 Å². The first-order valence-electron chi connectivity index (χ1n) is 9.89. The van der Waals surface area contributed by atoms with E-state index in [2.05, 4.69) is 18.8 Å². The quantitative estimate of drug-likeness (QED) is 0.345. The molecule has 1 aliphatic rings. The van der Waals surface area contributed by atoms with Crippen molar-refractivity contribution in [1.82, 2.24) is 14.5 Å². The lowest BCUT2D eigenvalue weighted by atomic mass is 9.97. The van der Waals surface area contributed by atoms with Crippen molar-refractivity contribution in [2.45, 2.75) is 57.7 Å². The molecule has 0 saturated carbocycles. The molecule has 1 N–H and O–H groups in total. The lowest BCUT2D eigenvalue weighted by Crippen LogP contribution is -2.25. The Morgan fingerprint density at radius 2 is 2.18 bits per heavy atom. The van der Waals surface area contributed by atoms with E-state index in [0.717, 1.165) is 35.9 Å². The second kappa shape index (κ2) is 8.25. The number of aromatic amines is 1. The van der Waals surface area contributed by atoms with Crippen molar-refractivity contribution in [2.75, 3.05) is 5.75 Å². The van der Waals surface area contributed by atoms with Gasteiger partial charge in [-0.25, -0.2) is 4.98 Å². The van der Waals surface area contributed by atoms with Gasteiger partial charge in [0, 0.05) is 17.6 Å². The van der Waals surface area contributed by atoms with E-state index in [9.17, 15) is 9.59 Å². The molecule has 1 aliphatic carbocycles. The van der Waals surface area contributed by atoms with Gasteiger partial charge in [-0.15, -0.1) is 11.3 Å². The molecule has 3 aromatic rings. The standard InChI is InChI=1S/C21H25N3O2S2/c1-13(2)9-11-24-20(26)18-14-6-3-4-8-17(14)28-19(18)23-21(24)27-12-16(25)15-7-5-10-22-15/h5,7,10,13,22H,3-4,6,8-9,11-12H2,1-2H3. The van der Waals surface area contributed by atoms with Gasteiger partial charge in [0.15, 0.2) is 10.9 Å². The predicted octanol–water partition coefficient (Wildman–Crippen LogP) is 4.69. The lowest BCUT2D eigenvalue weighted by molar-refractivity contribution is 0.101. The van der Waals surface area contributed by atoms with E-state index in [4.69, 9.17) is 4.98 Å². The van der Waals surface area contributed by atoms with Gasteiger partial charge in [-0.3, -0.25) is 14.2 Å². The van der Waals surface area contributed by atoms with E-state index in [-0.39, 0.29) is 17.1 Å². The number of thioether (sulfide) groups is 1. The molecule has 0 fully saturated rings. The summed E-state index contributed by atoms with van der Waals surface area (Å²) < 4.78 is 1.80. The van der Waals surface area contributed by atoms with E-state index < -0.39 is 0 Å². The molecule has 0 amide bonds. The number of Topliss-reactive ketones (excluding diaryl/α,β-unsaturated/α-hetero) is 1. The van der Waals surface area contributed by atoms with E-state index in [1.54, 1.807) is 28.2 Å². The Bertz CT molecular complexity index is 1050. The fourth-order valence-electron chi connectivity index (χ4n) is 3.63. The predicted molar refractivity (Wildman–Crippen MR) is 116 cm³/mol. The first-order chi connectivity index (χ1) is 13.5. The highest BCUT2D eigenvalue weighted by Gasteiger charge is 2.22. The number of aromatic nitrogens is 3. The number of rotatable bonds is 7. The summed E-state index contributed by atoms with van der Waals surface area (Å²) in [6, 6.07) is 3.59. The molecule has 7 heteroatoms. The minimum Gasteiger partial charge on any atom is -0.359 e. The fraction of sp³-hybridized carbons (Fsp3) is 0.476. The van der Waals surface area contributed by atoms with Crippen molar-refractivity contribution < 1.29 is 4.79 Å². The first-order valence-corrected chi connectivity index (χ1v) is 11.7. The number of thiophene rings is 1. The average Bonchev–Trinajstić information content (AvgIpc) is 3.33. The summed E-state index contributed by atoms with van der Waals surface area (Å²) in [5.74, 6) is 0.785. The molecule has 148 valence electrons. The minimum atomic E-state index is 0.0187. The number of hydrogen-bond donors (Lipinski definition) is 1. The van der Waals surface area contributed by atoms with E-state index in [1.807, 2.05) is 6.07 Å². The van der Waals surface area contributed by atoms with Crippen LogP contribution in [0.15, 0.2) is 28.3 Å². The summed E-state index contributed by atoms with van der Waals surface area (Å²) in [5, 5.41) is 1.49. The number of fused-ring (bicyclic) bond motifs is 3. The van der Waals surface area contributed by atoms with Crippen LogP contribution in [0.1, 0.15) is 54.0 Å². The molecular weight excluding hydrogens is 390 g/mol. The zero-order valence-electron chi connectivity index (χ0n) is 16.3. The summed E-state index contributed by atoms with van der Waals surface area (Å²) in [6.45, 7) is 4.96. The molecule has 0 aromatic carbocycles. The van der Waals surface area contributed by atoms with Gasteiger partial charge < -0.3 is 4.98 Å². The van der Waals surface area contributed by atoms with Crippen LogP contribution in [0, 0.1) is 5.92 Å². The molecular formula is C21H25N3O2S2. The summed E-state index contributed by atoms with van der Waals surface area (Å²) in [5.41, 5.74) is 1.89. The van der Waals surface area contributed by atoms with Gasteiger partial charge >= 0.3 is 0 Å². The molecule has 3 heterocycles. The van der Waals surface area contributed by atoms with Crippen molar-refractivity contribution in [3.8, 4) is 0 Å². The molecule has 0 unspecified atom stereocenters. The van der Waals surface area contributed by atoms with E-state index >= 15 is 0 Å². The van der Waals surface area contributed by atoms with Crippen molar-refractivity contribution in [3.05, 3.63) is 44.8 Å². The van der Waals surface area contributed by atoms with Crippen molar-refractivity contribution in [1.29, 1.82) is 0 Å². The smallest absolute Gasteiger partial charge is 0.263 e. The van der Waals surface area contributed by atoms with Crippen LogP contribution in [-0.2, 0) is 19.4 Å². The molecule has 0 spiro atoms. The third-order valence-corrected chi connectivity index (χ3v) is 7.36. The second-order valence-corrected chi connectivity index (χ2v) is 9.75. The maximum atomic E-state index is 13.4. The minimum absolute atomic E-state index is 0.0187. The lowest BCUT2D eigenvalue weighted by Gasteiger charge is -2.14. The number of nitrogens with one attached hydrogen (secondary N) is 1. The highest BCUT2D eigenvalue weighted by molar-refractivity contribution is 7.99. The number of H-pyrrole nitrogens is 1. The largest absolute Gasteiger partial charge is 0.359 e. The van der Waals surface area contributed by atoms with Gasteiger partial charge in [0.05, 0.1) is 16.8 Å². The number of carbonyl (C=O) groups excluding carboxylic acids is 1. The van der Waals surface area contributed by atoms with E-state index in [1.165, 1.54) is 28.6 Å². The molecule has 0 aliphatic heterocycles. The van der Waals surface area contributed by atoms with Crippen LogP contribution in [0.5, 0.6) is 0 Å². The molecule has 3 aromatic heterocycles. The number of aryl methyl sites for hydroxylation is 2. The number of ketones is 1. The van der Waals surface area contributed by atoms with Crippen molar-refractivity contribution >= 4 is 39.1 Å². The molecule has 0 saturated heterocycles. The third-order valence-electron chi connectivity index (χ3n) is 5.20. The second-order valence-electron chi connectivity index (χ2n) is 7.72. The average molecular weight is 416 g/mol. The highest BCUT2D eigenvalue weighted by Crippen LogP contribution is 2.34. The summed E-state index contributed by atoms with van der Waals surface area (Å²) in [7, 11) is 0. The summed E-state index contributed by atoms with van der Waals surface area (Å²) in [4.78, 5) is 35.8. The Morgan fingerprint density at radius 1 is 1.36 bits per heavy atom.